The highest BCUT2D eigenvalue weighted by molar-refractivity contribution is 6.02. The minimum atomic E-state index is -0.452. The Kier molecular flexibility index (Phi) is 4.20. The van der Waals surface area contributed by atoms with Gasteiger partial charge in [0.05, 0.1) is 19.3 Å². The standard InChI is InChI=1S/C15H15NO4/c1-3-20-15(18)13-11(8-9-16-13)10-6-4-5-7-12(10)14(17)19-2/h4-9,16H,3H2,1-2H3. The van der Waals surface area contributed by atoms with Crippen LogP contribution in [-0.2, 0) is 9.47 Å². The maximum atomic E-state index is 11.9. The van der Waals surface area contributed by atoms with E-state index in [1.807, 2.05) is 0 Å². The summed E-state index contributed by atoms with van der Waals surface area (Å²) in [5.41, 5.74) is 1.97. The quantitative estimate of drug-likeness (QED) is 0.869. The van der Waals surface area contributed by atoms with Crippen molar-refractivity contribution in [1.29, 1.82) is 0 Å². The number of nitrogens with one attached hydrogen (secondary N) is 1. The Morgan fingerprint density at radius 2 is 1.85 bits per heavy atom. The molecule has 0 aliphatic heterocycles. The van der Waals surface area contributed by atoms with Crippen LogP contribution in [0.4, 0.5) is 0 Å². The lowest BCUT2D eigenvalue weighted by Crippen LogP contribution is -2.08. The number of hydrogen-bond acceptors (Lipinski definition) is 4. The highest BCUT2D eigenvalue weighted by Crippen LogP contribution is 2.27. The van der Waals surface area contributed by atoms with E-state index in [9.17, 15) is 9.59 Å². The average Bonchev–Trinajstić information content (AvgIpc) is 2.96. The van der Waals surface area contributed by atoms with E-state index in [4.69, 9.17) is 9.47 Å². The molecule has 1 aromatic heterocycles. The molecule has 0 saturated heterocycles. The van der Waals surface area contributed by atoms with Crippen LogP contribution in [0.1, 0.15) is 27.8 Å². The number of carbonyl (C=O) groups excluding carboxylic acids is 2. The van der Waals surface area contributed by atoms with Crippen molar-refractivity contribution >= 4 is 11.9 Å². The lowest BCUT2D eigenvalue weighted by atomic mass is 10.00. The van der Waals surface area contributed by atoms with Crippen molar-refractivity contribution in [3.8, 4) is 11.1 Å². The van der Waals surface area contributed by atoms with Gasteiger partial charge < -0.3 is 14.5 Å². The second-order valence-corrected chi connectivity index (χ2v) is 4.02. The first kappa shape index (κ1) is 13.9. The SMILES string of the molecule is CCOC(=O)c1[nH]ccc1-c1ccccc1C(=O)OC. The number of H-pyrrole nitrogens is 1. The summed E-state index contributed by atoms with van der Waals surface area (Å²) in [6, 6.07) is 8.69. The summed E-state index contributed by atoms with van der Waals surface area (Å²) in [6.45, 7) is 2.03. The number of rotatable bonds is 4. The largest absolute Gasteiger partial charge is 0.465 e. The molecule has 1 aromatic carbocycles. The van der Waals surface area contributed by atoms with Crippen LogP contribution in [0, 0.1) is 0 Å². The van der Waals surface area contributed by atoms with Gasteiger partial charge in [0.1, 0.15) is 5.69 Å². The Balaban J connectivity index is 2.50. The van der Waals surface area contributed by atoms with Crippen molar-refractivity contribution in [3.05, 3.63) is 47.8 Å². The van der Waals surface area contributed by atoms with Gasteiger partial charge in [0, 0.05) is 11.8 Å². The molecule has 0 aliphatic rings. The number of aromatic nitrogens is 1. The van der Waals surface area contributed by atoms with Crippen LogP contribution in [0.25, 0.3) is 11.1 Å². The molecule has 0 atom stereocenters. The minimum absolute atomic E-state index is 0.288. The first-order valence-corrected chi connectivity index (χ1v) is 6.21. The molecule has 2 aromatic rings. The highest BCUT2D eigenvalue weighted by Gasteiger charge is 2.19. The summed E-state index contributed by atoms with van der Waals surface area (Å²) < 4.78 is 9.75. The fraction of sp³-hybridized carbons (Fsp3) is 0.200. The Morgan fingerprint density at radius 3 is 2.55 bits per heavy atom. The lowest BCUT2D eigenvalue weighted by Gasteiger charge is -2.08. The first-order valence-electron chi connectivity index (χ1n) is 6.21. The van der Waals surface area contributed by atoms with Gasteiger partial charge in [0.15, 0.2) is 0 Å². The molecule has 2 rings (SSSR count). The molecule has 1 N–H and O–H groups in total. The van der Waals surface area contributed by atoms with Gasteiger partial charge in [-0.15, -0.1) is 0 Å². The number of hydrogen-bond donors (Lipinski definition) is 1. The number of carbonyl (C=O) groups is 2. The molecular formula is C15H15NO4. The Bertz CT molecular complexity index is 630. The predicted octanol–water partition coefficient (Wildman–Crippen LogP) is 2.65. The zero-order valence-electron chi connectivity index (χ0n) is 11.3. The monoisotopic (exact) mass is 273 g/mol. The van der Waals surface area contributed by atoms with Crippen molar-refractivity contribution in [3.63, 3.8) is 0 Å². The van der Waals surface area contributed by atoms with Crippen molar-refractivity contribution < 1.29 is 19.1 Å². The molecule has 20 heavy (non-hydrogen) atoms. The molecule has 0 bridgehead atoms. The van der Waals surface area contributed by atoms with Crippen molar-refractivity contribution in [2.45, 2.75) is 6.92 Å². The topological polar surface area (TPSA) is 68.4 Å². The molecular weight excluding hydrogens is 258 g/mol. The minimum Gasteiger partial charge on any atom is -0.465 e. The molecule has 5 nitrogen and oxygen atoms in total. The zero-order valence-corrected chi connectivity index (χ0v) is 11.3. The number of benzene rings is 1. The van der Waals surface area contributed by atoms with Gasteiger partial charge in [-0.2, -0.15) is 0 Å². The fourth-order valence-corrected chi connectivity index (χ4v) is 1.97. The van der Waals surface area contributed by atoms with Crippen LogP contribution in [0.15, 0.2) is 36.5 Å². The van der Waals surface area contributed by atoms with Crippen LogP contribution in [0.2, 0.25) is 0 Å². The molecule has 0 fully saturated rings. The Hall–Kier alpha value is -2.56. The molecule has 0 radical (unpaired) electrons. The van der Waals surface area contributed by atoms with E-state index in [0.29, 0.717) is 22.4 Å². The third-order valence-electron chi connectivity index (χ3n) is 2.85. The summed E-state index contributed by atoms with van der Waals surface area (Å²) >= 11 is 0. The number of methoxy groups -OCH3 is 1. The highest BCUT2D eigenvalue weighted by atomic mass is 16.5. The second kappa shape index (κ2) is 6.06. The summed E-state index contributed by atoms with van der Waals surface area (Å²) in [4.78, 5) is 26.5. The molecule has 0 spiro atoms. The number of esters is 2. The van der Waals surface area contributed by atoms with Gasteiger partial charge in [0.25, 0.3) is 0 Å². The van der Waals surface area contributed by atoms with E-state index in [2.05, 4.69) is 4.98 Å². The van der Waals surface area contributed by atoms with Crippen LogP contribution < -0.4 is 0 Å². The predicted molar refractivity (Wildman–Crippen MR) is 73.5 cm³/mol. The van der Waals surface area contributed by atoms with Gasteiger partial charge in [-0.25, -0.2) is 9.59 Å². The lowest BCUT2D eigenvalue weighted by molar-refractivity contribution is 0.0519. The van der Waals surface area contributed by atoms with Gasteiger partial charge in [-0.3, -0.25) is 0 Å². The molecule has 0 saturated carbocycles. The van der Waals surface area contributed by atoms with Crippen LogP contribution in [0.3, 0.4) is 0 Å². The summed E-state index contributed by atoms with van der Waals surface area (Å²) in [5.74, 6) is -0.899. The van der Waals surface area contributed by atoms with E-state index in [1.165, 1.54) is 7.11 Å². The maximum absolute atomic E-state index is 11.9. The molecule has 1 heterocycles. The smallest absolute Gasteiger partial charge is 0.355 e. The summed E-state index contributed by atoms with van der Waals surface area (Å²) in [7, 11) is 1.32. The van der Waals surface area contributed by atoms with Crippen molar-refractivity contribution in [2.24, 2.45) is 0 Å². The third-order valence-corrected chi connectivity index (χ3v) is 2.85. The fourth-order valence-electron chi connectivity index (χ4n) is 1.97. The molecule has 104 valence electrons. The van der Waals surface area contributed by atoms with Gasteiger partial charge in [-0.1, -0.05) is 18.2 Å². The molecule has 5 heteroatoms. The molecule has 0 aliphatic carbocycles. The van der Waals surface area contributed by atoms with Crippen molar-refractivity contribution in [2.75, 3.05) is 13.7 Å². The van der Waals surface area contributed by atoms with Gasteiger partial charge in [-0.05, 0) is 24.6 Å². The van der Waals surface area contributed by atoms with E-state index in [-0.39, 0.29) is 6.61 Å². The van der Waals surface area contributed by atoms with Crippen LogP contribution in [-0.4, -0.2) is 30.6 Å². The number of aromatic amines is 1. The van der Waals surface area contributed by atoms with Crippen LogP contribution >= 0.6 is 0 Å². The summed E-state index contributed by atoms with van der Waals surface area (Å²) in [6.07, 6.45) is 1.63. The zero-order chi connectivity index (χ0) is 14.5. The normalized spacial score (nSPS) is 10.1. The van der Waals surface area contributed by atoms with E-state index in [1.54, 1.807) is 43.5 Å². The third kappa shape index (κ3) is 2.56. The van der Waals surface area contributed by atoms with E-state index in [0.717, 1.165) is 0 Å². The Morgan fingerprint density at radius 1 is 1.10 bits per heavy atom. The van der Waals surface area contributed by atoms with Gasteiger partial charge >= 0.3 is 11.9 Å². The van der Waals surface area contributed by atoms with Crippen LogP contribution in [0.5, 0.6) is 0 Å². The van der Waals surface area contributed by atoms with Crippen molar-refractivity contribution in [1.82, 2.24) is 4.98 Å². The first-order chi connectivity index (χ1) is 9.69. The second-order valence-electron chi connectivity index (χ2n) is 4.02. The average molecular weight is 273 g/mol. The Labute approximate surface area is 116 Å². The molecule has 0 unspecified atom stereocenters. The van der Waals surface area contributed by atoms with Gasteiger partial charge in [0.2, 0.25) is 0 Å². The number of ether oxygens (including phenoxy) is 2. The maximum Gasteiger partial charge on any atom is 0.355 e. The molecule has 0 amide bonds. The summed E-state index contributed by atoms with van der Waals surface area (Å²) in [5, 5.41) is 0. The van der Waals surface area contributed by atoms with E-state index >= 15 is 0 Å². The van der Waals surface area contributed by atoms with E-state index < -0.39 is 11.9 Å².